The fourth-order valence-corrected chi connectivity index (χ4v) is 1.48. The lowest BCUT2D eigenvalue weighted by atomic mass is 10.4. The van der Waals surface area contributed by atoms with E-state index in [9.17, 15) is 0 Å². The van der Waals surface area contributed by atoms with E-state index in [0.29, 0.717) is 18.0 Å². The van der Waals surface area contributed by atoms with E-state index in [-0.39, 0.29) is 0 Å². The molecule has 0 atom stereocenters. The molecule has 7 nitrogen and oxygen atoms in total. The molecule has 17 heavy (non-hydrogen) atoms. The van der Waals surface area contributed by atoms with E-state index >= 15 is 0 Å². The maximum absolute atomic E-state index is 4.22. The topological polar surface area (TPSA) is 80.9 Å². The minimum Gasteiger partial charge on any atom is -0.361 e. The van der Waals surface area contributed by atoms with Crippen LogP contribution in [0.2, 0.25) is 0 Å². The molecule has 1 N–H and O–H groups in total. The van der Waals surface area contributed by atoms with Gasteiger partial charge in [0.15, 0.2) is 5.82 Å². The van der Waals surface area contributed by atoms with Gasteiger partial charge in [-0.25, -0.2) is 15.0 Å². The van der Waals surface area contributed by atoms with Gasteiger partial charge in [0.1, 0.15) is 12.7 Å². The lowest BCUT2D eigenvalue weighted by Crippen LogP contribution is -2.05. The van der Waals surface area contributed by atoms with E-state index < -0.39 is 0 Å². The van der Waals surface area contributed by atoms with Gasteiger partial charge in [-0.05, 0) is 6.07 Å². The zero-order valence-corrected chi connectivity index (χ0v) is 8.85. The summed E-state index contributed by atoms with van der Waals surface area (Å²) in [6, 6.07) is 1.84. The van der Waals surface area contributed by atoms with Crippen LogP contribution in [-0.4, -0.2) is 29.5 Å². The number of nitrogens with one attached hydrogen (secondary N) is 1. The van der Waals surface area contributed by atoms with Crippen molar-refractivity contribution in [3.63, 3.8) is 0 Å². The van der Waals surface area contributed by atoms with Gasteiger partial charge in [0, 0.05) is 18.6 Å². The summed E-state index contributed by atoms with van der Waals surface area (Å²) >= 11 is 0. The van der Waals surface area contributed by atoms with Crippen LogP contribution in [0.3, 0.4) is 0 Å². The van der Waals surface area contributed by atoms with Crippen molar-refractivity contribution in [1.29, 1.82) is 0 Å². The molecule has 0 spiro atoms. The van der Waals surface area contributed by atoms with Crippen LogP contribution < -0.4 is 5.32 Å². The third-order valence-electron chi connectivity index (χ3n) is 2.30. The van der Waals surface area contributed by atoms with Crippen molar-refractivity contribution in [2.24, 2.45) is 0 Å². The Hall–Kier alpha value is -2.57. The number of aromatic nitrogens is 6. The maximum Gasteiger partial charge on any atom is 0.203 e. The van der Waals surface area contributed by atoms with E-state index in [4.69, 9.17) is 0 Å². The SMILES string of the molecule is c1cc(CNc2nccn3cnnc23)ncn1. The molecule has 0 unspecified atom stereocenters. The number of nitrogens with zero attached hydrogens (tertiary/aromatic N) is 6. The van der Waals surface area contributed by atoms with Crippen LogP contribution in [0.1, 0.15) is 5.69 Å². The van der Waals surface area contributed by atoms with Crippen LogP contribution in [-0.2, 0) is 6.54 Å². The van der Waals surface area contributed by atoms with Gasteiger partial charge < -0.3 is 5.32 Å². The molecule has 0 saturated carbocycles. The van der Waals surface area contributed by atoms with Crippen molar-refractivity contribution in [2.45, 2.75) is 6.54 Å². The molecular weight excluding hydrogens is 218 g/mol. The first-order valence-corrected chi connectivity index (χ1v) is 5.06. The lowest BCUT2D eigenvalue weighted by molar-refractivity contribution is 0.990. The third kappa shape index (κ3) is 1.89. The third-order valence-corrected chi connectivity index (χ3v) is 2.30. The first-order chi connectivity index (χ1) is 8.43. The summed E-state index contributed by atoms with van der Waals surface area (Å²) in [5.74, 6) is 0.684. The van der Waals surface area contributed by atoms with E-state index in [0.717, 1.165) is 5.69 Å². The van der Waals surface area contributed by atoms with Crippen LogP contribution in [0.25, 0.3) is 5.65 Å². The zero-order chi connectivity index (χ0) is 11.5. The molecule has 0 aliphatic rings. The summed E-state index contributed by atoms with van der Waals surface area (Å²) in [5.41, 5.74) is 1.59. The molecule has 84 valence electrons. The second-order valence-electron chi connectivity index (χ2n) is 3.39. The van der Waals surface area contributed by atoms with E-state index in [1.54, 1.807) is 29.3 Å². The summed E-state index contributed by atoms with van der Waals surface area (Å²) in [4.78, 5) is 12.2. The summed E-state index contributed by atoms with van der Waals surface area (Å²) in [7, 11) is 0. The van der Waals surface area contributed by atoms with Crippen molar-refractivity contribution in [2.75, 3.05) is 5.32 Å². The zero-order valence-electron chi connectivity index (χ0n) is 8.85. The normalized spacial score (nSPS) is 10.6. The van der Waals surface area contributed by atoms with Gasteiger partial charge in [0.2, 0.25) is 5.65 Å². The highest BCUT2D eigenvalue weighted by molar-refractivity contribution is 5.61. The molecule has 0 aliphatic carbocycles. The summed E-state index contributed by atoms with van der Waals surface area (Å²) in [6.45, 7) is 0.571. The Balaban J connectivity index is 1.84. The Labute approximate surface area is 96.6 Å². The summed E-state index contributed by atoms with van der Waals surface area (Å²) < 4.78 is 1.80. The quantitative estimate of drug-likeness (QED) is 0.702. The predicted octanol–water partition coefficient (Wildman–Crippen LogP) is 0.526. The highest BCUT2D eigenvalue weighted by Crippen LogP contribution is 2.10. The summed E-state index contributed by atoms with van der Waals surface area (Å²) in [5, 5.41) is 11.0. The molecule has 0 aromatic carbocycles. The monoisotopic (exact) mass is 227 g/mol. The van der Waals surface area contributed by atoms with Crippen molar-refractivity contribution in [1.82, 2.24) is 29.5 Å². The first-order valence-electron chi connectivity index (χ1n) is 5.06. The standard InChI is InChI=1S/C10H9N7/c1-2-11-6-14-8(1)5-13-9-10-16-15-7-17(10)4-3-12-9/h1-4,6-7H,5H2,(H,12,13). The van der Waals surface area contributed by atoms with Gasteiger partial charge in [-0.1, -0.05) is 0 Å². The van der Waals surface area contributed by atoms with E-state index in [2.05, 4.69) is 30.5 Å². The minimum absolute atomic E-state index is 0.571. The molecule has 0 fully saturated rings. The van der Waals surface area contributed by atoms with Crippen molar-refractivity contribution >= 4 is 11.5 Å². The largest absolute Gasteiger partial charge is 0.361 e. The number of fused-ring (bicyclic) bond motifs is 1. The lowest BCUT2D eigenvalue weighted by Gasteiger charge is -2.04. The molecule has 0 saturated heterocycles. The molecule has 0 bridgehead atoms. The number of anilines is 1. The van der Waals surface area contributed by atoms with Crippen LogP contribution >= 0.6 is 0 Å². The Morgan fingerprint density at radius 3 is 3.12 bits per heavy atom. The Morgan fingerprint density at radius 1 is 1.24 bits per heavy atom. The fourth-order valence-electron chi connectivity index (χ4n) is 1.48. The Morgan fingerprint density at radius 2 is 2.24 bits per heavy atom. The van der Waals surface area contributed by atoms with Crippen molar-refractivity contribution in [3.05, 3.63) is 43.0 Å². The fraction of sp³-hybridized carbons (Fsp3) is 0.100. The van der Waals surface area contributed by atoms with Gasteiger partial charge in [-0.2, -0.15) is 0 Å². The molecule has 3 rings (SSSR count). The van der Waals surface area contributed by atoms with Crippen LogP contribution in [0.4, 0.5) is 5.82 Å². The smallest absolute Gasteiger partial charge is 0.203 e. The van der Waals surface area contributed by atoms with Gasteiger partial charge in [-0.3, -0.25) is 4.40 Å². The van der Waals surface area contributed by atoms with Crippen LogP contribution in [0.5, 0.6) is 0 Å². The van der Waals surface area contributed by atoms with Crippen molar-refractivity contribution in [3.8, 4) is 0 Å². The second-order valence-corrected chi connectivity index (χ2v) is 3.39. The highest BCUT2D eigenvalue weighted by atomic mass is 15.2. The minimum atomic E-state index is 0.571. The van der Waals surface area contributed by atoms with Gasteiger partial charge in [-0.15, -0.1) is 10.2 Å². The number of rotatable bonds is 3. The first kappa shape index (κ1) is 9.64. The molecule has 3 aromatic heterocycles. The highest BCUT2D eigenvalue weighted by Gasteiger charge is 2.04. The van der Waals surface area contributed by atoms with Crippen LogP contribution in [0, 0.1) is 0 Å². The molecule has 7 heteroatoms. The van der Waals surface area contributed by atoms with Crippen LogP contribution in [0.15, 0.2) is 37.3 Å². The second kappa shape index (κ2) is 4.12. The average molecular weight is 227 g/mol. The molecule has 0 radical (unpaired) electrons. The Bertz CT molecular complexity index is 619. The molecule has 3 aromatic rings. The molecular formula is C10H9N7. The maximum atomic E-state index is 4.22. The summed E-state index contributed by atoms with van der Waals surface area (Å²) in [6.07, 6.45) is 8.34. The molecule has 0 amide bonds. The number of hydrogen-bond acceptors (Lipinski definition) is 6. The van der Waals surface area contributed by atoms with E-state index in [1.807, 2.05) is 6.07 Å². The number of hydrogen-bond donors (Lipinski definition) is 1. The van der Waals surface area contributed by atoms with Gasteiger partial charge in [0.25, 0.3) is 0 Å². The average Bonchev–Trinajstić information content (AvgIpc) is 2.86. The molecule has 3 heterocycles. The van der Waals surface area contributed by atoms with Crippen molar-refractivity contribution < 1.29 is 0 Å². The van der Waals surface area contributed by atoms with E-state index in [1.165, 1.54) is 6.33 Å². The van der Waals surface area contributed by atoms with Gasteiger partial charge >= 0.3 is 0 Å². The Kier molecular flexibility index (Phi) is 2.34. The predicted molar refractivity (Wildman–Crippen MR) is 60.1 cm³/mol. The molecule has 0 aliphatic heterocycles. The van der Waals surface area contributed by atoms with Gasteiger partial charge in [0.05, 0.1) is 12.2 Å².